The number of hydrogen-bond donors (Lipinski definition) is 1. The first-order valence-electron chi connectivity index (χ1n) is 9.32. The van der Waals surface area contributed by atoms with Gasteiger partial charge in [0.05, 0.1) is 18.6 Å². The van der Waals surface area contributed by atoms with E-state index < -0.39 is 11.7 Å². The van der Waals surface area contributed by atoms with Gasteiger partial charge in [-0.3, -0.25) is 9.59 Å². The molecule has 1 amide bonds. The van der Waals surface area contributed by atoms with Gasteiger partial charge in [0, 0.05) is 38.4 Å². The molecule has 1 N–H and O–H groups in total. The third-order valence-electron chi connectivity index (χ3n) is 5.02. The summed E-state index contributed by atoms with van der Waals surface area (Å²) in [5.41, 5.74) is 5.25. The Morgan fingerprint density at radius 2 is 1.89 bits per heavy atom. The molecule has 6 heteroatoms. The summed E-state index contributed by atoms with van der Waals surface area (Å²) in [5.74, 6) is -0.862. The number of ketones is 1. The number of rotatable bonds is 4. The number of imidazole rings is 1. The Morgan fingerprint density at radius 3 is 2.61 bits per heavy atom. The van der Waals surface area contributed by atoms with Crippen LogP contribution in [0.1, 0.15) is 18.2 Å². The molecule has 28 heavy (non-hydrogen) atoms. The highest BCUT2D eigenvalue weighted by atomic mass is 16.2. The third kappa shape index (κ3) is 3.67. The molecular weight excluding hydrogens is 352 g/mol. The first-order chi connectivity index (χ1) is 13.6. The molecule has 0 spiro atoms. The van der Waals surface area contributed by atoms with E-state index in [2.05, 4.69) is 45.2 Å². The predicted molar refractivity (Wildman–Crippen MR) is 108 cm³/mol. The molecule has 0 bridgehead atoms. The number of anilines is 1. The molecule has 0 aliphatic carbocycles. The van der Waals surface area contributed by atoms with E-state index in [0.717, 1.165) is 28.1 Å². The molecular formula is C22H22N4O2. The number of hydrogen-bond acceptors (Lipinski definition) is 4. The summed E-state index contributed by atoms with van der Waals surface area (Å²) < 4.78 is 0. The molecule has 4 rings (SSSR count). The molecule has 1 aliphatic heterocycles. The highest BCUT2D eigenvalue weighted by Gasteiger charge is 2.25. The van der Waals surface area contributed by atoms with Crippen molar-refractivity contribution in [3.63, 3.8) is 0 Å². The molecule has 0 saturated heterocycles. The summed E-state index contributed by atoms with van der Waals surface area (Å²) in [4.78, 5) is 35.2. The highest BCUT2D eigenvalue weighted by Crippen LogP contribution is 2.31. The lowest BCUT2D eigenvalue weighted by Crippen LogP contribution is -2.38. The molecule has 0 fully saturated rings. The summed E-state index contributed by atoms with van der Waals surface area (Å²) >= 11 is 0. The maximum Gasteiger partial charge on any atom is 0.289 e. The Morgan fingerprint density at radius 1 is 1.07 bits per heavy atom. The number of nitrogens with zero attached hydrogens (tertiary/aromatic N) is 3. The van der Waals surface area contributed by atoms with Crippen LogP contribution < -0.4 is 4.90 Å². The fourth-order valence-electron chi connectivity index (χ4n) is 3.61. The zero-order valence-corrected chi connectivity index (χ0v) is 15.8. The minimum Gasteiger partial charge on any atom is -0.364 e. The molecule has 0 unspecified atom stereocenters. The fourth-order valence-corrected chi connectivity index (χ4v) is 3.61. The van der Waals surface area contributed by atoms with Crippen LogP contribution in [0.25, 0.3) is 11.1 Å². The van der Waals surface area contributed by atoms with Crippen molar-refractivity contribution in [3.8, 4) is 11.1 Å². The molecule has 0 saturated carbocycles. The van der Waals surface area contributed by atoms with Gasteiger partial charge < -0.3 is 14.8 Å². The number of benzene rings is 2. The van der Waals surface area contributed by atoms with Gasteiger partial charge in [0.15, 0.2) is 0 Å². The van der Waals surface area contributed by atoms with Crippen LogP contribution in [0.2, 0.25) is 0 Å². The Balaban J connectivity index is 1.72. The number of carbonyl (C=O) groups is 2. The number of aromatic amines is 1. The monoisotopic (exact) mass is 374 g/mol. The number of Topliss-reactive ketones (excluding diaryl/α,β-unsaturated/α-hetero) is 1. The molecule has 0 radical (unpaired) electrons. The average Bonchev–Trinajstić information content (AvgIpc) is 3.16. The van der Waals surface area contributed by atoms with Crippen LogP contribution >= 0.6 is 0 Å². The maximum atomic E-state index is 12.4. The van der Waals surface area contributed by atoms with Crippen molar-refractivity contribution in [1.82, 2.24) is 14.9 Å². The van der Waals surface area contributed by atoms with Crippen LogP contribution in [0, 0.1) is 0 Å². The highest BCUT2D eigenvalue weighted by molar-refractivity contribution is 6.35. The van der Waals surface area contributed by atoms with E-state index in [1.807, 2.05) is 24.4 Å². The van der Waals surface area contributed by atoms with E-state index in [1.54, 1.807) is 11.2 Å². The second-order valence-electron chi connectivity index (χ2n) is 6.97. The van der Waals surface area contributed by atoms with E-state index in [1.165, 1.54) is 6.92 Å². The van der Waals surface area contributed by atoms with Crippen LogP contribution in [0.4, 0.5) is 5.69 Å². The SMILES string of the molecule is CC(=O)C(=O)N1CCN(Cc2c[nH]cn2)c2ccc(-c3ccccc3)cc2C1. The standard InChI is InChI=1S/C22H22N4O2/c1-16(27)22(28)26-10-9-25(14-20-12-23-15-24-20)21-8-7-18(11-19(21)13-26)17-5-3-2-4-6-17/h2-8,11-12,15H,9-10,13-14H2,1H3,(H,23,24). The summed E-state index contributed by atoms with van der Waals surface area (Å²) in [6.45, 7) is 3.53. The van der Waals surface area contributed by atoms with Gasteiger partial charge in [-0.1, -0.05) is 36.4 Å². The second kappa shape index (κ2) is 7.68. The van der Waals surface area contributed by atoms with E-state index in [-0.39, 0.29) is 0 Å². The molecule has 0 atom stereocenters. The molecule has 6 nitrogen and oxygen atoms in total. The van der Waals surface area contributed by atoms with Crippen molar-refractivity contribution in [1.29, 1.82) is 0 Å². The Bertz CT molecular complexity index is 983. The summed E-state index contributed by atoms with van der Waals surface area (Å²) in [6, 6.07) is 16.5. The van der Waals surface area contributed by atoms with E-state index >= 15 is 0 Å². The lowest BCUT2D eigenvalue weighted by molar-refractivity contribution is -0.143. The zero-order valence-electron chi connectivity index (χ0n) is 15.8. The Kier molecular flexibility index (Phi) is 4.93. The van der Waals surface area contributed by atoms with E-state index in [4.69, 9.17) is 0 Å². The van der Waals surface area contributed by atoms with Crippen molar-refractivity contribution in [2.45, 2.75) is 20.0 Å². The quantitative estimate of drug-likeness (QED) is 0.713. The van der Waals surface area contributed by atoms with Crippen LogP contribution in [-0.4, -0.2) is 39.6 Å². The number of aromatic nitrogens is 2. The van der Waals surface area contributed by atoms with Crippen molar-refractivity contribution in [2.75, 3.05) is 18.0 Å². The molecule has 142 valence electrons. The molecule has 1 aromatic heterocycles. The van der Waals surface area contributed by atoms with Crippen LogP contribution in [0.3, 0.4) is 0 Å². The number of nitrogens with one attached hydrogen (secondary N) is 1. The van der Waals surface area contributed by atoms with Gasteiger partial charge in [0.25, 0.3) is 5.91 Å². The van der Waals surface area contributed by atoms with Crippen molar-refractivity contribution < 1.29 is 9.59 Å². The minimum atomic E-state index is -0.433. The van der Waals surface area contributed by atoms with Crippen molar-refractivity contribution >= 4 is 17.4 Å². The molecule has 2 aromatic carbocycles. The smallest absolute Gasteiger partial charge is 0.289 e. The number of carbonyl (C=O) groups excluding carboxylic acids is 2. The van der Waals surface area contributed by atoms with Crippen LogP contribution in [0.15, 0.2) is 61.1 Å². The predicted octanol–water partition coefficient (Wildman–Crippen LogP) is 3.01. The van der Waals surface area contributed by atoms with Crippen molar-refractivity contribution in [2.24, 2.45) is 0 Å². The van der Waals surface area contributed by atoms with Gasteiger partial charge >= 0.3 is 0 Å². The molecule has 2 heterocycles. The Labute approximate surface area is 163 Å². The van der Waals surface area contributed by atoms with Crippen molar-refractivity contribution in [3.05, 3.63) is 72.3 Å². The van der Waals surface area contributed by atoms with Gasteiger partial charge in [0.2, 0.25) is 5.78 Å². The number of amides is 1. The normalized spacial score (nSPS) is 13.8. The van der Waals surface area contributed by atoms with Gasteiger partial charge in [0.1, 0.15) is 0 Å². The fraction of sp³-hybridized carbons (Fsp3) is 0.227. The first-order valence-corrected chi connectivity index (χ1v) is 9.32. The molecule has 1 aliphatic rings. The second-order valence-corrected chi connectivity index (χ2v) is 6.97. The summed E-state index contributed by atoms with van der Waals surface area (Å²) in [7, 11) is 0. The van der Waals surface area contributed by atoms with Gasteiger partial charge in [-0.15, -0.1) is 0 Å². The number of fused-ring (bicyclic) bond motifs is 1. The number of H-pyrrole nitrogens is 1. The zero-order chi connectivity index (χ0) is 19.5. The largest absolute Gasteiger partial charge is 0.364 e. The summed E-state index contributed by atoms with van der Waals surface area (Å²) in [5, 5.41) is 0. The first kappa shape index (κ1) is 18.0. The lowest BCUT2D eigenvalue weighted by Gasteiger charge is -2.24. The Hall–Kier alpha value is -3.41. The van der Waals surface area contributed by atoms with Crippen LogP contribution in [0.5, 0.6) is 0 Å². The minimum absolute atomic E-state index is 0.422. The van der Waals surface area contributed by atoms with Crippen LogP contribution in [-0.2, 0) is 22.7 Å². The third-order valence-corrected chi connectivity index (χ3v) is 5.02. The molecule has 3 aromatic rings. The van der Waals surface area contributed by atoms with Gasteiger partial charge in [-0.25, -0.2) is 4.98 Å². The topological polar surface area (TPSA) is 69.3 Å². The van der Waals surface area contributed by atoms with Gasteiger partial charge in [-0.2, -0.15) is 0 Å². The van der Waals surface area contributed by atoms with E-state index in [0.29, 0.717) is 26.2 Å². The van der Waals surface area contributed by atoms with Gasteiger partial charge in [-0.05, 0) is 28.8 Å². The summed E-state index contributed by atoms with van der Waals surface area (Å²) in [6.07, 6.45) is 3.54. The lowest BCUT2D eigenvalue weighted by atomic mass is 10.0. The average molecular weight is 374 g/mol. The maximum absolute atomic E-state index is 12.4. The van der Waals surface area contributed by atoms with E-state index in [9.17, 15) is 9.59 Å².